The fourth-order valence-corrected chi connectivity index (χ4v) is 1.53. The molecule has 11 heavy (non-hydrogen) atoms. The van der Waals surface area contributed by atoms with Gasteiger partial charge in [0.15, 0.2) is 0 Å². The molecule has 2 saturated heterocycles. The summed E-state index contributed by atoms with van der Waals surface area (Å²) in [5.41, 5.74) is -0.267. The van der Waals surface area contributed by atoms with E-state index < -0.39 is 0 Å². The normalized spacial score (nSPS) is 28.9. The van der Waals surface area contributed by atoms with E-state index in [0.29, 0.717) is 0 Å². The van der Waals surface area contributed by atoms with Crippen molar-refractivity contribution in [3.8, 4) is 0 Å². The molecular formula is C7H13N3O. The molecule has 1 spiro atoms. The molecule has 1 amide bonds. The van der Waals surface area contributed by atoms with Crippen LogP contribution in [0.5, 0.6) is 0 Å². The fourth-order valence-electron chi connectivity index (χ4n) is 1.53. The van der Waals surface area contributed by atoms with E-state index in [9.17, 15) is 4.79 Å². The van der Waals surface area contributed by atoms with Crippen molar-refractivity contribution in [2.24, 2.45) is 0 Å². The van der Waals surface area contributed by atoms with E-state index in [0.717, 1.165) is 32.6 Å². The predicted molar refractivity (Wildman–Crippen MR) is 41.2 cm³/mol. The zero-order valence-corrected chi connectivity index (χ0v) is 6.44. The lowest BCUT2D eigenvalue weighted by atomic mass is 9.91. The van der Waals surface area contributed by atoms with E-state index in [-0.39, 0.29) is 11.4 Å². The van der Waals surface area contributed by atoms with Gasteiger partial charge in [-0.3, -0.25) is 4.79 Å². The van der Waals surface area contributed by atoms with Crippen LogP contribution < -0.4 is 16.0 Å². The largest absolute Gasteiger partial charge is 0.354 e. The molecule has 0 aromatic rings. The van der Waals surface area contributed by atoms with Crippen LogP contribution in [0.25, 0.3) is 0 Å². The molecule has 62 valence electrons. The Labute approximate surface area is 65.7 Å². The van der Waals surface area contributed by atoms with Crippen LogP contribution in [0.4, 0.5) is 0 Å². The molecule has 2 aliphatic heterocycles. The molecule has 0 radical (unpaired) electrons. The van der Waals surface area contributed by atoms with Gasteiger partial charge in [-0.15, -0.1) is 0 Å². The van der Waals surface area contributed by atoms with Crippen LogP contribution in [0, 0.1) is 0 Å². The van der Waals surface area contributed by atoms with Crippen molar-refractivity contribution in [1.82, 2.24) is 16.0 Å². The third-order valence-corrected chi connectivity index (χ3v) is 2.39. The lowest BCUT2D eigenvalue weighted by Gasteiger charge is -2.40. The van der Waals surface area contributed by atoms with Gasteiger partial charge in [-0.1, -0.05) is 0 Å². The highest BCUT2D eigenvalue weighted by atomic mass is 16.2. The van der Waals surface area contributed by atoms with E-state index in [2.05, 4.69) is 16.0 Å². The summed E-state index contributed by atoms with van der Waals surface area (Å²) in [7, 11) is 0. The van der Waals surface area contributed by atoms with Gasteiger partial charge in [-0.2, -0.15) is 0 Å². The highest BCUT2D eigenvalue weighted by Crippen LogP contribution is 2.12. The molecule has 0 bridgehead atoms. The second kappa shape index (κ2) is 2.46. The minimum absolute atomic E-state index is 0.161. The maximum atomic E-state index is 11.4. The topological polar surface area (TPSA) is 53.2 Å². The Bertz CT molecular complexity index is 177. The number of carbonyl (C=O) groups is 1. The first-order valence-corrected chi connectivity index (χ1v) is 4.08. The number of carbonyl (C=O) groups excluding carboxylic acids is 1. The third-order valence-electron chi connectivity index (χ3n) is 2.39. The van der Waals surface area contributed by atoms with Crippen LogP contribution in [0.15, 0.2) is 0 Å². The molecule has 0 unspecified atom stereocenters. The summed E-state index contributed by atoms with van der Waals surface area (Å²) < 4.78 is 0. The van der Waals surface area contributed by atoms with Gasteiger partial charge in [-0.25, -0.2) is 0 Å². The van der Waals surface area contributed by atoms with Crippen molar-refractivity contribution >= 4 is 5.91 Å². The first-order chi connectivity index (χ1) is 5.33. The van der Waals surface area contributed by atoms with Crippen LogP contribution in [0.3, 0.4) is 0 Å². The molecule has 2 fully saturated rings. The number of nitrogens with one attached hydrogen (secondary N) is 3. The van der Waals surface area contributed by atoms with Gasteiger partial charge in [0, 0.05) is 19.6 Å². The summed E-state index contributed by atoms with van der Waals surface area (Å²) in [6.07, 6.45) is 1.04. The van der Waals surface area contributed by atoms with Crippen molar-refractivity contribution < 1.29 is 4.79 Å². The van der Waals surface area contributed by atoms with E-state index >= 15 is 0 Å². The Morgan fingerprint density at radius 2 is 2.09 bits per heavy atom. The Morgan fingerprint density at radius 3 is 2.73 bits per heavy atom. The van der Waals surface area contributed by atoms with E-state index in [1.165, 1.54) is 0 Å². The molecule has 2 rings (SSSR count). The monoisotopic (exact) mass is 155 g/mol. The van der Waals surface area contributed by atoms with Crippen LogP contribution in [-0.2, 0) is 4.79 Å². The molecule has 4 nitrogen and oxygen atoms in total. The van der Waals surface area contributed by atoms with Crippen LogP contribution in [0.1, 0.15) is 6.42 Å². The molecule has 2 aliphatic rings. The number of rotatable bonds is 0. The lowest BCUT2D eigenvalue weighted by Crippen LogP contribution is -2.73. The standard InChI is InChI=1S/C7H13N3O/c11-6-7(4-8-5-7)10-3-1-2-9-6/h8,10H,1-5H2,(H,9,11). The maximum absolute atomic E-state index is 11.4. The molecule has 0 atom stereocenters. The molecule has 4 heteroatoms. The van der Waals surface area contributed by atoms with Gasteiger partial charge in [0.05, 0.1) is 0 Å². The summed E-state index contributed by atoms with van der Waals surface area (Å²) in [5, 5.41) is 9.27. The molecule has 0 aliphatic carbocycles. The molecule has 0 saturated carbocycles. The van der Waals surface area contributed by atoms with Gasteiger partial charge in [0.1, 0.15) is 5.54 Å². The average molecular weight is 155 g/mol. The minimum Gasteiger partial charge on any atom is -0.354 e. The predicted octanol–water partition coefficient (Wildman–Crippen LogP) is -1.56. The quantitative estimate of drug-likeness (QED) is 0.396. The molecule has 3 N–H and O–H groups in total. The first kappa shape index (κ1) is 7.06. The van der Waals surface area contributed by atoms with Crippen molar-refractivity contribution in [2.45, 2.75) is 12.0 Å². The minimum atomic E-state index is -0.267. The zero-order valence-electron chi connectivity index (χ0n) is 6.44. The maximum Gasteiger partial charge on any atom is 0.242 e. The highest BCUT2D eigenvalue weighted by Gasteiger charge is 2.44. The van der Waals surface area contributed by atoms with Crippen molar-refractivity contribution in [3.05, 3.63) is 0 Å². The van der Waals surface area contributed by atoms with Crippen LogP contribution >= 0.6 is 0 Å². The summed E-state index contributed by atoms with van der Waals surface area (Å²) in [4.78, 5) is 11.4. The Balaban J connectivity index is 2.09. The second-order valence-corrected chi connectivity index (χ2v) is 3.22. The van der Waals surface area contributed by atoms with Gasteiger partial charge < -0.3 is 16.0 Å². The van der Waals surface area contributed by atoms with Crippen molar-refractivity contribution in [2.75, 3.05) is 26.2 Å². The fraction of sp³-hybridized carbons (Fsp3) is 0.857. The SMILES string of the molecule is O=C1NCCCNC12CNC2. The third kappa shape index (κ3) is 1.02. The Morgan fingerprint density at radius 1 is 1.27 bits per heavy atom. The summed E-state index contributed by atoms with van der Waals surface area (Å²) in [5.74, 6) is 0.161. The van der Waals surface area contributed by atoms with Crippen LogP contribution in [-0.4, -0.2) is 37.6 Å². The smallest absolute Gasteiger partial charge is 0.242 e. The molecular weight excluding hydrogens is 142 g/mol. The molecule has 2 heterocycles. The molecule has 0 aromatic carbocycles. The van der Waals surface area contributed by atoms with E-state index in [1.807, 2.05) is 0 Å². The van der Waals surface area contributed by atoms with E-state index in [4.69, 9.17) is 0 Å². The van der Waals surface area contributed by atoms with Gasteiger partial charge in [-0.05, 0) is 13.0 Å². The van der Waals surface area contributed by atoms with Gasteiger partial charge >= 0.3 is 0 Å². The van der Waals surface area contributed by atoms with Crippen molar-refractivity contribution in [1.29, 1.82) is 0 Å². The average Bonchev–Trinajstić information content (AvgIpc) is 2.09. The Hall–Kier alpha value is -0.610. The molecule has 0 aromatic heterocycles. The first-order valence-electron chi connectivity index (χ1n) is 4.08. The van der Waals surface area contributed by atoms with Crippen molar-refractivity contribution in [3.63, 3.8) is 0 Å². The second-order valence-electron chi connectivity index (χ2n) is 3.22. The van der Waals surface area contributed by atoms with Gasteiger partial charge in [0.2, 0.25) is 5.91 Å². The highest BCUT2D eigenvalue weighted by molar-refractivity contribution is 5.88. The Kier molecular flexibility index (Phi) is 1.58. The number of hydrogen-bond donors (Lipinski definition) is 3. The lowest BCUT2D eigenvalue weighted by molar-refractivity contribution is -0.128. The summed E-state index contributed by atoms with van der Waals surface area (Å²) in [6, 6.07) is 0. The van der Waals surface area contributed by atoms with E-state index in [1.54, 1.807) is 0 Å². The summed E-state index contributed by atoms with van der Waals surface area (Å²) >= 11 is 0. The van der Waals surface area contributed by atoms with Gasteiger partial charge in [0.25, 0.3) is 0 Å². The number of hydrogen-bond acceptors (Lipinski definition) is 3. The summed E-state index contributed by atoms with van der Waals surface area (Å²) in [6.45, 7) is 3.31. The van der Waals surface area contributed by atoms with Crippen LogP contribution in [0.2, 0.25) is 0 Å². The zero-order chi connectivity index (χ0) is 7.73. The number of amides is 1.